The van der Waals surface area contributed by atoms with Crippen molar-refractivity contribution >= 4 is 49.8 Å². The van der Waals surface area contributed by atoms with Gasteiger partial charge in [-0.3, -0.25) is 14.5 Å². The van der Waals surface area contributed by atoms with Gasteiger partial charge < -0.3 is 10.1 Å². The molecular weight excluding hydrogens is 450 g/mol. The molecule has 1 amide bonds. The predicted molar refractivity (Wildman–Crippen MR) is 125 cm³/mol. The number of rotatable bonds is 6. The van der Waals surface area contributed by atoms with Crippen molar-refractivity contribution in [3.63, 3.8) is 0 Å². The molecule has 0 aliphatic rings. The molecule has 162 valence electrons. The topological polar surface area (TPSA) is 97.4 Å². The minimum atomic E-state index is -4.00. The first-order valence-electron chi connectivity index (χ1n) is 9.48. The highest BCUT2D eigenvalue weighted by Crippen LogP contribution is 2.30. The maximum Gasteiger partial charge on any atom is 0.262 e. The number of pyridine rings is 1. The van der Waals surface area contributed by atoms with Crippen LogP contribution in [0.3, 0.4) is 0 Å². The molecule has 0 saturated heterocycles. The zero-order chi connectivity index (χ0) is 22.7. The zero-order valence-corrected chi connectivity index (χ0v) is 18.4. The molecule has 1 aromatic heterocycles. The van der Waals surface area contributed by atoms with Crippen molar-refractivity contribution in [3.05, 3.63) is 89.6 Å². The van der Waals surface area contributed by atoms with Crippen LogP contribution in [0.5, 0.6) is 5.75 Å². The monoisotopic (exact) mass is 467 g/mol. The number of amides is 1. The summed E-state index contributed by atoms with van der Waals surface area (Å²) in [7, 11) is -2.57. The lowest BCUT2D eigenvalue weighted by Gasteiger charge is -2.13. The van der Waals surface area contributed by atoms with Crippen LogP contribution in [0.25, 0.3) is 10.9 Å². The highest BCUT2D eigenvalue weighted by molar-refractivity contribution is 7.92. The molecule has 4 aromatic rings. The Balaban J connectivity index is 1.58. The number of carbonyl (C=O) groups excluding carboxylic acids is 1. The Labute approximate surface area is 190 Å². The van der Waals surface area contributed by atoms with Gasteiger partial charge >= 0.3 is 0 Å². The van der Waals surface area contributed by atoms with E-state index in [9.17, 15) is 13.2 Å². The smallest absolute Gasteiger partial charge is 0.262 e. The van der Waals surface area contributed by atoms with E-state index in [0.717, 1.165) is 10.9 Å². The quantitative estimate of drug-likeness (QED) is 0.418. The lowest BCUT2D eigenvalue weighted by Crippen LogP contribution is -2.16. The third kappa shape index (κ3) is 4.66. The normalized spacial score (nSPS) is 11.2. The molecule has 2 N–H and O–H groups in total. The Morgan fingerprint density at radius 2 is 1.84 bits per heavy atom. The van der Waals surface area contributed by atoms with Crippen molar-refractivity contribution in [1.82, 2.24) is 4.98 Å². The van der Waals surface area contributed by atoms with Crippen molar-refractivity contribution in [2.45, 2.75) is 4.90 Å². The van der Waals surface area contributed by atoms with Gasteiger partial charge in [0.2, 0.25) is 0 Å². The van der Waals surface area contributed by atoms with E-state index in [2.05, 4.69) is 15.0 Å². The number of hydrogen-bond acceptors (Lipinski definition) is 5. The second-order valence-electron chi connectivity index (χ2n) is 6.84. The highest BCUT2D eigenvalue weighted by atomic mass is 35.5. The zero-order valence-electron chi connectivity index (χ0n) is 16.9. The lowest BCUT2D eigenvalue weighted by molar-refractivity contribution is 0.102. The third-order valence-corrected chi connectivity index (χ3v) is 6.27. The summed E-state index contributed by atoms with van der Waals surface area (Å²) in [6.45, 7) is 0. The minimum absolute atomic E-state index is 0.0742. The van der Waals surface area contributed by atoms with Gasteiger partial charge in [0.25, 0.3) is 15.9 Å². The van der Waals surface area contributed by atoms with Crippen molar-refractivity contribution in [2.24, 2.45) is 0 Å². The predicted octanol–water partition coefficient (Wildman–Crippen LogP) is 4.95. The molecular formula is C23H18ClN3O4S. The number of nitrogens with one attached hydrogen (secondary N) is 2. The fourth-order valence-corrected chi connectivity index (χ4v) is 4.40. The van der Waals surface area contributed by atoms with Gasteiger partial charge in [0, 0.05) is 27.9 Å². The average Bonchev–Trinajstić information content (AvgIpc) is 2.79. The summed E-state index contributed by atoms with van der Waals surface area (Å²) in [5.41, 5.74) is 1.77. The molecule has 0 spiro atoms. The van der Waals surface area contributed by atoms with Gasteiger partial charge in [-0.2, -0.15) is 0 Å². The van der Waals surface area contributed by atoms with Crippen LogP contribution >= 0.6 is 11.6 Å². The molecule has 0 bridgehead atoms. The first-order chi connectivity index (χ1) is 15.4. The largest absolute Gasteiger partial charge is 0.495 e. The molecule has 9 heteroatoms. The fraction of sp³-hybridized carbons (Fsp3) is 0.0435. The second-order valence-corrected chi connectivity index (χ2v) is 8.96. The molecule has 0 radical (unpaired) electrons. The van der Waals surface area contributed by atoms with Gasteiger partial charge in [-0.25, -0.2) is 8.42 Å². The number of sulfonamides is 1. The van der Waals surface area contributed by atoms with E-state index >= 15 is 0 Å². The van der Waals surface area contributed by atoms with Gasteiger partial charge in [0.05, 0.1) is 23.2 Å². The summed E-state index contributed by atoms with van der Waals surface area (Å²) in [6.07, 6.45) is 1.69. The minimum Gasteiger partial charge on any atom is -0.495 e. The van der Waals surface area contributed by atoms with Crippen LogP contribution in [0.4, 0.5) is 11.4 Å². The molecule has 0 fully saturated rings. The number of nitrogens with zero attached hydrogens (tertiary/aromatic N) is 1. The number of anilines is 2. The highest BCUT2D eigenvalue weighted by Gasteiger charge is 2.19. The van der Waals surface area contributed by atoms with E-state index in [0.29, 0.717) is 16.5 Å². The van der Waals surface area contributed by atoms with E-state index < -0.39 is 15.9 Å². The summed E-state index contributed by atoms with van der Waals surface area (Å²) in [5, 5.41) is 4.01. The number of ether oxygens (including phenoxy) is 1. The standard InChI is InChI=1S/C23H18ClN3O4S/c1-31-22-10-7-17(24)14-21(22)27-32(29,30)19-6-2-4-16(13-19)23(28)26-18-8-9-20-15(12-18)5-3-11-25-20/h2-14,27H,1H3,(H,26,28). The molecule has 0 saturated carbocycles. The summed E-state index contributed by atoms with van der Waals surface area (Å²) in [5.74, 6) is -0.122. The Kier molecular flexibility index (Phi) is 5.98. The molecule has 3 aromatic carbocycles. The number of benzene rings is 3. The molecule has 32 heavy (non-hydrogen) atoms. The Morgan fingerprint density at radius 3 is 2.66 bits per heavy atom. The molecule has 4 rings (SSSR count). The van der Waals surface area contributed by atoms with Crippen LogP contribution in [0.2, 0.25) is 5.02 Å². The third-order valence-electron chi connectivity index (χ3n) is 4.67. The maximum atomic E-state index is 12.9. The van der Waals surface area contributed by atoms with E-state index in [-0.39, 0.29) is 16.1 Å². The molecule has 0 aliphatic heterocycles. The van der Waals surface area contributed by atoms with Crippen LogP contribution < -0.4 is 14.8 Å². The molecule has 0 atom stereocenters. The van der Waals surface area contributed by atoms with Crippen molar-refractivity contribution < 1.29 is 17.9 Å². The van der Waals surface area contributed by atoms with Crippen LogP contribution in [0.15, 0.2) is 83.9 Å². The second kappa shape index (κ2) is 8.86. The Hall–Kier alpha value is -3.62. The molecule has 0 aliphatic carbocycles. The van der Waals surface area contributed by atoms with E-state index in [4.69, 9.17) is 16.3 Å². The average molecular weight is 468 g/mol. The van der Waals surface area contributed by atoms with Crippen LogP contribution in [-0.2, 0) is 10.0 Å². The van der Waals surface area contributed by atoms with Crippen molar-refractivity contribution in [2.75, 3.05) is 17.1 Å². The number of halogens is 1. The summed E-state index contributed by atoms with van der Waals surface area (Å²) < 4.78 is 33.5. The van der Waals surface area contributed by atoms with Crippen LogP contribution in [-0.4, -0.2) is 26.4 Å². The number of methoxy groups -OCH3 is 1. The molecule has 1 heterocycles. The van der Waals surface area contributed by atoms with Crippen molar-refractivity contribution in [1.29, 1.82) is 0 Å². The number of aromatic nitrogens is 1. The maximum absolute atomic E-state index is 12.9. The van der Waals surface area contributed by atoms with E-state index in [1.165, 1.54) is 37.4 Å². The van der Waals surface area contributed by atoms with Gasteiger partial charge in [-0.05, 0) is 60.7 Å². The molecule has 0 unspecified atom stereocenters. The van der Waals surface area contributed by atoms with Gasteiger partial charge in [-0.15, -0.1) is 0 Å². The van der Waals surface area contributed by atoms with Gasteiger partial charge in [0.1, 0.15) is 5.75 Å². The van der Waals surface area contributed by atoms with Gasteiger partial charge in [-0.1, -0.05) is 23.7 Å². The molecule has 7 nitrogen and oxygen atoms in total. The van der Waals surface area contributed by atoms with Crippen LogP contribution in [0.1, 0.15) is 10.4 Å². The van der Waals surface area contributed by atoms with Crippen molar-refractivity contribution in [3.8, 4) is 5.75 Å². The Morgan fingerprint density at radius 1 is 1.00 bits per heavy atom. The summed E-state index contributed by atoms with van der Waals surface area (Å²) in [6, 6.07) is 19.4. The summed E-state index contributed by atoms with van der Waals surface area (Å²) >= 11 is 5.98. The number of carbonyl (C=O) groups is 1. The Bertz CT molecular complexity index is 1420. The van der Waals surface area contributed by atoms with Gasteiger partial charge in [0.15, 0.2) is 0 Å². The number of hydrogen-bond donors (Lipinski definition) is 2. The summed E-state index contributed by atoms with van der Waals surface area (Å²) in [4.78, 5) is 16.9. The fourth-order valence-electron chi connectivity index (χ4n) is 3.12. The number of fused-ring (bicyclic) bond motifs is 1. The van der Waals surface area contributed by atoms with E-state index in [1.54, 1.807) is 36.5 Å². The first kappa shape index (κ1) is 21.6. The SMILES string of the molecule is COc1ccc(Cl)cc1NS(=O)(=O)c1cccc(C(=O)Nc2ccc3ncccc3c2)c1. The van der Waals surface area contributed by atoms with E-state index in [1.807, 2.05) is 12.1 Å². The van der Waals surface area contributed by atoms with Crippen LogP contribution in [0, 0.1) is 0 Å². The first-order valence-corrected chi connectivity index (χ1v) is 11.3. The lowest BCUT2D eigenvalue weighted by atomic mass is 10.1.